The molecule has 2 aromatic rings. The number of hydrogen-bond acceptors (Lipinski definition) is 5. The molecule has 0 radical (unpaired) electrons. The highest BCUT2D eigenvalue weighted by molar-refractivity contribution is 5.53. The Kier molecular flexibility index (Phi) is 2.41. The Balaban J connectivity index is 1.77. The van der Waals surface area contributed by atoms with E-state index in [1.165, 1.54) is 4.40 Å². The summed E-state index contributed by atoms with van der Waals surface area (Å²) in [5.74, 6) is 2.99. The van der Waals surface area contributed by atoms with Gasteiger partial charge < -0.3 is 10.2 Å². The number of aromatic nitrogens is 4. The molecule has 2 aromatic heterocycles. The first-order valence-electron chi connectivity index (χ1n) is 7.07. The summed E-state index contributed by atoms with van der Waals surface area (Å²) < 4.78 is 1.51. The van der Waals surface area contributed by atoms with Gasteiger partial charge in [0, 0.05) is 31.7 Å². The van der Waals surface area contributed by atoms with Crippen LogP contribution in [0.25, 0.3) is 5.65 Å². The summed E-state index contributed by atoms with van der Waals surface area (Å²) >= 11 is 0. The number of H-pyrrole nitrogens is 1. The molecule has 0 saturated carbocycles. The summed E-state index contributed by atoms with van der Waals surface area (Å²) in [6.07, 6.45) is 0. The number of hydrogen-bond donors (Lipinski definition) is 2. The first kappa shape index (κ1) is 11.9. The minimum Gasteiger partial charge on any atom is -0.353 e. The van der Waals surface area contributed by atoms with E-state index in [4.69, 9.17) is 0 Å². The molecule has 2 N–H and O–H groups in total. The number of aromatic amines is 1. The second kappa shape index (κ2) is 4.05. The minimum absolute atomic E-state index is 0.230. The second-order valence-corrected chi connectivity index (χ2v) is 5.86. The van der Waals surface area contributed by atoms with Gasteiger partial charge >= 0.3 is 5.69 Å². The van der Waals surface area contributed by atoms with E-state index in [0.717, 1.165) is 25.5 Å². The topological polar surface area (TPSA) is 78.3 Å². The molecule has 7 heteroatoms. The minimum atomic E-state index is -0.230. The van der Waals surface area contributed by atoms with Crippen molar-refractivity contribution in [3.8, 4) is 0 Å². The molecule has 0 aromatic carbocycles. The third-order valence-electron chi connectivity index (χ3n) is 4.79. The van der Waals surface area contributed by atoms with Gasteiger partial charge in [0.2, 0.25) is 0 Å². The average Bonchev–Trinajstić information content (AvgIpc) is 3.07. The van der Waals surface area contributed by atoms with Crippen molar-refractivity contribution in [2.75, 3.05) is 24.5 Å². The standard InChI is InChI=1S/C13H18N6O/c1-7-10-5-14-4-9(10)6-18(7)11-3-12-16-17-13(20)19(12)8(2)15-11/h3,7,9-10,14H,4-6H2,1-2H3,(H,17,20). The molecule has 3 unspecified atom stereocenters. The number of rotatable bonds is 1. The van der Waals surface area contributed by atoms with Gasteiger partial charge in [-0.1, -0.05) is 0 Å². The van der Waals surface area contributed by atoms with Gasteiger partial charge in [0.15, 0.2) is 5.65 Å². The lowest BCUT2D eigenvalue weighted by Crippen LogP contribution is -2.34. The smallest absolute Gasteiger partial charge is 0.349 e. The quantitative estimate of drug-likeness (QED) is 0.751. The molecule has 0 aliphatic carbocycles. The largest absolute Gasteiger partial charge is 0.353 e. The van der Waals surface area contributed by atoms with Crippen molar-refractivity contribution in [2.24, 2.45) is 11.8 Å². The van der Waals surface area contributed by atoms with Crippen LogP contribution in [0.15, 0.2) is 10.9 Å². The van der Waals surface area contributed by atoms with Crippen molar-refractivity contribution >= 4 is 11.5 Å². The van der Waals surface area contributed by atoms with E-state index in [1.54, 1.807) is 0 Å². The molecular formula is C13H18N6O. The summed E-state index contributed by atoms with van der Waals surface area (Å²) in [5, 5.41) is 9.99. The SMILES string of the molecule is Cc1nc(N2CC3CNCC3C2C)cc2n[nH]c(=O)n12. The van der Waals surface area contributed by atoms with Gasteiger partial charge in [-0.2, -0.15) is 5.10 Å². The van der Waals surface area contributed by atoms with Gasteiger partial charge in [0.1, 0.15) is 11.6 Å². The van der Waals surface area contributed by atoms with Crippen molar-refractivity contribution in [2.45, 2.75) is 19.9 Å². The predicted molar refractivity (Wildman–Crippen MR) is 75.0 cm³/mol. The lowest BCUT2D eigenvalue weighted by Gasteiger charge is -2.25. The van der Waals surface area contributed by atoms with Crippen LogP contribution in [-0.2, 0) is 0 Å². The van der Waals surface area contributed by atoms with Crippen LogP contribution in [0, 0.1) is 18.8 Å². The Hall–Kier alpha value is -1.89. The van der Waals surface area contributed by atoms with Crippen molar-refractivity contribution in [3.63, 3.8) is 0 Å². The Morgan fingerprint density at radius 2 is 2.25 bits per heavy atom. The molecular weight excluding hydrogens is 256 g/mol. The molecule has 106 valence electrons. The number of fused-ring (bicyclic) bond motifs is 2. The molecule has 0 amide bonds. The molecule has 4 heterocycles. The maximum Gasteiger partial charge on any atom is 0.349 e. The summed E-state index contributed by atoms with van der Waals surface area (Å²) in [6.45, 7) is 7.31. The zero-order valence-electron chi connectivity index (χ0n) is 11.6. The lowest BCUT2D eigenvalue weighted by atomic mass is 9.95. The molecule has 2 aliphatic heterocycles. The molecule has 2 saturated heterocycles. The van der Waals surface area contributed by atoms with Gasteiger partial charge in [-0.3, -0.25) is 0 Å². The summed E-state index contributed by atoms with van der Waals surface area (Å²) in [6, 6.07) is 2.37. The predicted octanol–water partition coefficient (Wildman–Crippen LogP) is -0.230. The van der Waals surface area contributed by atoms with Gasteiger partial charge in [0.25, 0.3) is 0 Å². The van der Waals surface area contributed by atoms with E-state index in [-0.39, 0.29) is 5.69 Å². The highest BCUT2D eigenvalue weighted by atomic mass is 16.1. The molecule has 20 heavy (non-hydrogen) atoms. The zero-order chi connectivity index (χ0) is 13.9. The maximum absolute atomic E-state index is 11.6. The van der Waals surface area contributed by atoms with Crippen LogP contribution >= 0.6 is 0 Å². The normalized spacial score (nSPS) is 29.3. The number of nitrogens with one attached hydrogen (secondary N) is 2. The molecule has 2 fully saturated rings. The van der Waals surface area contributed by atoms with Crippen LogP contribution in [0.4, 0.5) is 5.82 Å². The van der Waals surface area contributed by atoms with Crippen LogP contribution in [0.3, 0.4) is 0 Å². The van der Waals surface area contributed by atoms with E-state index in [0.29, 0.717) is 29.3 Å². The van der Waals surface area contributed by atoms with Gasteiger partial charge in [-0.25, -0.2) is 19.3 Å². The van der Waals surface area contributed by atoms with Crippen molar-refractivity contribution in [3.05, 3.63) is 22.4 Å². The van der Waals surface area contributed by atoms with Crippen LogP contribution in [0.1, 0.15) is 12.7 Å². The highest BCUT2D eigenvalue weighted by Crippen LogP contribution is 2.35. The molecule has 2 aliphatic rings. The van der Waals surface area contributed by atoms with Crippen LogP contribution < -0.4 is 15.9 Å². The van der Waals surface area contributed by atoms with Crippen LogP contribution in [0.5, 0.6) is 0 Å². The Morgan fingerprint density at radius 1 is 1.40 bits per heavy atom. The molecule has 4 rings (SSSR count). The van der Waals surface area contributed by atoms with E-state index in [9.17, 15) is 4.79 Å². The third-order valence-corrected chi connectivity index (χ3v) is 4.79. The fraction of sp³-hybridized carbons (Fsp3) is 0.615. The lowest BCUT2D eigenvalue weighted by molar-refractivity contribution is 0.471. The van der Waals surface area contributed by atoms with Crippen molar-refractivity contribution in [1.29, 1.82) is 0 Å². The average molecular weight is 274 g/mol. The molecule has 0 bridgehead atoms. The van der Waals surface area contributed by atoms with Crippen LogP contribution in [0.2, 0.25) is 0 Å². The first-order chi connectivity index (χ1) is 9.65. The van der Waals surface area contributed by atoms with Gasteiger partial charge in [0.05, 0.1) is 0 Å². The fourth-order valence-electron chi connectivity index (χ4n) is 3.70. The summed E-state index contributed by atoms with van der Waals surface area (Å²) in [4.78, 5) is 18.6. The molecule has 3 atom stereocenters. The highest BCUT2D eigenvalue weighted by Gasteiger charge is 2.42. The molecule has 7 nitrogen and oxygen atoms in total. The first-order valence-corrected chi connectivity index (χ1v) is 7.07. The fourth-order valence-corrected chi connectivity index (χ4v) is 3.70. The second-order valence-electron chi connectivity index (χ2n) is 5.86. The Morgan fingerprint density at radius 3 is 3.05 bits per heavy atom. The van der Waals surface area contributed by atoms with E-state index in [1.807, 2.05) is 13.0 Å². The third kappa shape index (κ3) is 1.53. The number of anilines is 1. The number of nitrogens with zero attached hydrogens (tertiary/aromatic N) is 4. The van der Waals surface area contributed by atoms with E-state index in [2.05, 4.69) is 32.3 Å². The number of aryl methyl sites for hydroxylation is 1. The van der Waals surface area contributed by atoms with Crippen LogP contribution in [-0.4, -0.2) is 45.3 Å². The van der Waals surface area contributed by atoms with E-state index < -0.39 is 0 Å². The van der Waals surface area contributed by atoms with E-state index >= 15 is 0 Å². The Labute approximate surface area is 116 Å². The van der Waals surface area contributed by atoms with Crippen molar-refractivity contribution in [1.82, 2.24) is 24.9 Å². The summed E-state index contributed by atoms with van der Waals surface area (Å²) in [7, 11) is 0. The monoisotopic (exact) mass is 274 g/mol. The summed E-state index contributed by atoms with van der Waals surface area (Å²) in [5.41, 5.74) is 0.409. The molecule has 0 spiro atoms. The maximum atomic E-state index is 11.6. The zero-order valence-corrected chi connectivity index (χ0v) is 11.6. The van der Waals surface area contributed by atoms with Gasteiger partial charge in [-0.05, 0) is 25.7 Å². The Bertz CT molecular complexity index is 719. The van der Waals surface area contributed by atoms with Crippen molar-refractivity contribution < 1.29 is 0 Å². The van der Waals surface area contributed by atoms with Gasteiger partial charge in [-0.15, -0.1) is 0 Å².